The summed E-state index contributed by atoms with van der Waals surface area (Å²) in [6.07, 6.45) is 3.14. The molecule has 0 unspecified atom stereocenters. The van der Waals surface area contributed by atoms with E-state index in [1.165, 1.54) is 13.2 Å². The van der Waals surface area contributed by atoms with Crippen molar-refractivity contribution in [2.24, 2.45) is 10.7 Å². The number of nitrogens with zero attached hydrogens (tertiary/aromatic N) is 2. The highest BCUT2D eigenvalue weighted by Gasteiger charge is 2.14. The Morgan fingerprint density at radius 1 is 1.12 bits per heavy atom. The largest absolute Gasteiger partial charge is 0.495 e. The lowest BCUT2D eigenvalue weighted by molar-refractivity contribution is 0.281. The number of aliphatic hydroxyl groups excluding tert-OH is 2. The summed E-state index contributed by atoms with van der Waals surface area (Å²) in [6.45, 7) is 0.922. The summed E-state index contributed by atoms with van der Waals surface area (Å²) < 4.78 is 5.16. The van der Waals surface area contributed by atoms with Gasteiger partial charge in [0, 0.05) is 24.9 Å². The van der Waals surface area contributed by atoms with E-state index in [1.54, 1.807) is 6.08 Å². The molecule has 1 aliphatic rings. The Balaban J connectivity index is 2.22. The predicted molar refractivity (Wildman–Crippen MR) is 95.0 cm³/mol. The van der Waals surface area contributed by atoms with Crippen molar-refractivity contribution >= 4 is 22.8 Å². The number of nitrogens with two attached hydrogens (primary N) is 1. The number of hydrogen-bond acceptors (Lipinski definition) is 7. The van der Waals surface area contributed by atoms with E-state index >= 15 is 0 Å². The van der Waals surface area contributed by atoms with E-state index in [-0.39, 0.29) is 18.9 Å². The molecule has 128 valence electrons. The minimum absolute atomic E-state index is 0.0135. The molecular formula is C17H22N4O3. The van der Waals surface area contributed by atoms with Gasteiger partial charge < -0.3 is 25.6 Å². The fraction of sp³-hybridized carbons (Fsp3) is 0.294. The molecule has 1 aliphatic carbocycles. The number of aliphatic hydroxyl groups is 2. The Labute approximate surface area is 140 Å². The fourth-order valence-corrected chi connectivity index (χ4v) is 2.34. The summed E-state index contributed by atoms with van der Waals surface area (Å²) in [5, 5.41) is 26.1. The topological polar surface area (TPSA) is 115 Å². The summed E-state index contributed by atoms with van der Waals surface area (Å²) in [5.74, 6) is 0.485. The van der Waals surface area contributed by atoms with Crippen LogP contribution in [0.5, 0.6) is 0 Å². The van der Waals surface area contributed by atoms with Crippen molar-refractivity contribution in [3.05, 3.63) is 47.9 Å². The van der Waals surface area contributed by atoms with Gasteiger partial charge in [0.2, 0.25) is 0 Å². The lowest BCUT2D eigenvalue weighted by Gasteiger charge is -2.22. The lowest BCUT2D eigenvalue weighted by atomic mass is 10.1. The molecule has 0 saturated carbocycles. The number of allylic oxidation sites excluding steroid dienone is 2. The van der Waals surface area contributed by atoms with Gasteiger partial charge in [0.25, 0.3) is 0 Å². The van der Waals surface area contributed by atoms with Gasteiger partial charge in [-0.3, -0.25) is 5.41 Å². The number of hydrogen-bond donors (Lipinski definition) is 4. The molecule has 0 spiro atoms. The van der Waals surface area contributed by atoms with Gasteiger partial charge in [0.15, 0.2) is 0 Å². The van der Waals surface area contributed by atoms with E-state index in [0.29, 0.717) is 35.9 Å². The monoisotopic (exact) mass is 330 g/mol. The van der Waals surface area contributed by atoms with Gasteiger partial charge in [-0.15, -0.1) is 0 Å². The minimum Gasteiger partial charge on any atom is -0.495 e. The molecule has 0 aliphatic heterocycles. The molecule has 0 amide bonds. The smallest absolute Gasteiger partial charge is 0.144 e. The summed E-state index contributed by atoms with van der Waals surface area (Å²) >= 11 is 0. The maximum atomic E-state index is 9.09. The molecule has 0 fully saturated rings. The summed E-state index contributed by atoms with van der Waals surface area (Å²) in [4.78, 5) is 6.32. The van der Waals surface area contributed by atoms with Gasteiger partial charge in [0.05, 0.1) is 43.1 Å². The highest BCUT2D eigenvalue weighted by molar-refractivity contribution is 6.50. The molecule has 1 aromatic carbocycles. The van der Waals surface area contributed by atoms with E-state index in [1.807, 2.05) is 29.2 Å². The third kappa shape index (κ3) is 4.21. The zero-order valence-corrected chi connectivity index (χ0v) is 13.6. The standard InChI is InChI=1S/C17H22N4O3/c1-24-17-11-16(14(18)10-15(17)19)20-12-2-4-13(5-3-12)21(6-8-22)7-9-23/h2-5,10-11,18,22-23H,6-9,19H2,1H3. The first-order chi connectivity index (χ1) is 11.6. The quantitative estimate of drug-likeness (QED) is 0.556. The summed E-state index contributed by atoms with van der Waals surface area (Å²) in [5.41, 5.74) is 8.44. The Morgan fingerprint density at radius 2 is 1.75 bits per heavy atom. The van der Waals surface area contributed by atoms with Crippen molar-refractivity contribution in [1.82, 2.24) is 0 Å². The average molecular weight is 330 g/mol. The Hall–Kier alpha value is -2.64. The average Bonchev–Trinajstić information content (AvgIpc) is 2.58. The predicted octanol–water partition coefficient (Wildman–Crippen LogP) is 0.956. The zero-order chi connectivity index (χ0) is 17.5. The van der Waals surface area contributed by atoms with Crippen molar-refractivity contribution in [2.45, 2.75) is 0 Å². The molecule has 0 radical (unpaired) electrons. The molecule has 5 N–H and O–H groups in total. The summed E-state index contributed by atoms with van der Waals surface area (Å²) in [7, 11) is 1.52. The molecule has 24 heavy (non-hydrogen) atoms. The molecule has 2 rings (SSSR count). The number of ether oxygens (including phenoxy) is 1. The second-order valence-electron chi connectivity index (χ2n) is 5.17. The van der Waals surface area contributed by atoms with Crippen molar-refractivity contribution in [3.63, 3.8) is 0 Å². The van der Waals surface area contributed by atoms with Gasteiger partial charge in [-0.25, -0.2) is 4.99 Å². The van der Waals surface area contributed by atoms with Gasteiger partial charge in [-0.2, -0.15) is 0 Å². The maximum Gasteiger partial charge on any atom is 0.144 e. The van der Waals surface area contributed by atoms with Gasteiger partial charge in [-0.05, 0) is 30.3 Å². The van der Waals surface area contributed by atoms with Crippen LogP contribution in [-0.4, -0.2) is 55.0 Å². The van der Waals surface area contributed by atoms with Crippen LogP contribution < -0.4 is 10.6 Å². The first-order valence-electron chi connectivity index (χ1n) is 7.56. The van der Waals surface area contributed by atoms with E-state index in [9.17, 15) is 0 Å². The van der Waals surface area contributed by atoms with Crippen LogP contribution in [0.2, 0.25) is 0 Å². The SMILES string of the molecule is COC1=CC(=Nc2ccc(N(CCO)CCO)cc2)C(=N)C=C1N. The van der Waals surface area contributed by atoms with Crippen LogP contribution in [0.4, 0.5) is 11.4 Å². The number of nitrogens with one attached hydrogen (secondary N) is 1. The number of benzene rings is 1. The number of rotatable bonds is 7. The molecule has 7 heteroatoms. The number of methoxy groups -OCH3 is 1. The molecular weight excluding hydrogens is 308 g/mol. The van der Waals surface area contributed by atoms with E-state index < -0.39 is 0 Å². The minimum atomic E-state index is 0.0135. The van der Waals surface area contributed by atoms with Gasteiger partial charge >= 0.3 is 0 Å². The van der Waals surface area contributed by atoms with Crippen LogP contribution in [0.25, 0.3) is 0 Å². The zero-order valence-electron chi connectivity index (χ0n) is 13.6. The van der Waals surface area contributed by atoms with E-state index in [4.69, 9.17) is 26.1 Å². The van der Waals surface area contributed by atoms with Gasteiger partial charge in [0.1, 0.15) is 5.76 Å². The third-order valence-electron chi connectivity index (χ3n) is 3.55. The van der Waals surface area contributed by atoms with Crippen molar-refractivity contribution in [3.8, 4) is 0 Å². The Kier molecular flexibility index (Phi) is 6.11. The summed E-state index contributed by atoms with van der Waals surface area (Å²) in [6, 6.07) is 7.36. The van der Waals surface area contributed by atoms with Crippen LogP contribution in [0, 0.1) is 5.41 Å². The van der Waals surface area contributed by atoms with Crippen LogP contribution in [-0.2, 0) is 4.74 Å². The normalized spacial score (nSPS) is 16.0. The molecule has 0 aromatic heterocycles. The molecule has 0 atom stereocenters. The molecule has 1 aromatic rings. The molecule has 0 saturated heterocycles. The molecule has 0 bridgehead atoms. The van der Waals surface area contributed by atoms with Crippen molar-refractivity contribution in [1.29, 1.82) is 5.41 Å². The van der Waals surface area contributed by atoms with Crippen molar-refractivity contribution in [2.75, 3.05) is 38.3 Å². The van der Waals surface area contributed by atoms with Crippen LogP contribution in [0.1, 0.15) is 0 Å². The maximum absolute atomic E-state index is 9.09. The second kappa shape index (κ2) is 8.28. The lowest BCUT2D eigenvalue weighted by Crippen LogP contribution is -2.29. The van der Waals surface area contributed by atoms with Gasteiger partial charge in [-0.1, -0.05) is 0 Å². The second-order valence-corrected chi connectivity index (χ2v) is 5.17. The Bertz CT molecular complexity index is 672. The van der Waals surface area contributed by atoms with Crippen LogP contribution in [0.15, 0.2) is 52.9 Å². The van der Waals surface area contributed by atoms with Crippen molar-refractivity contribution < 1.29 is 14.9 Å². The fourth-order valence-electron chi connectivity index (χ4n) is 2.34. The number of aliphatic imine (C=N–C) groups is 1. The highest BCUT2D eigenvalue weighted by Crippen LogP contribution is 2.21. The van der Waals surface area contributed by atoms with E-state index in [0.717, 1.165) is 5.69 Å². The Morgan fingerprint density at radius 3 is 2.29 bits per heavy atom. The number of anilines is 1. The first-order valence-corrected chi connectivity index (χ1v) is 7.56. The first kappa shape index (κ1) is 17.7. The third-order valence-corrected chi connectivity index (χ3v) is 3.55. The van der Waals surface area contributed by atoms with Crippen LogP contribution in [0.3, 0.4) is 0 Å². The van der Waals surface area contributed by atoms with E-state index in [2.05, 4.69) is 4.99 Å². The van der Waals surface area contributed by atoms with Crippen LogP contribution >= 0.6 is 0 Å². The molecule has 7 nitrogen and oxygen atoms in total. The molecule has 0 heterocycles. The highest BCUT2D eigenvalue weighted by atomic mass is 16.5.